The first-order valence-electron chi connectivity index (χ1n) is 8.64. The van der Waals surface area contributed by atoms with Crippen LogP contribution in [-0.4, -0.2) is 18.4 Å². The van der Waals surface area contributed by atoms with Crippen LogP contribution in [-0.2, 0) is 4.79 Å². The summed E-state index contributed by atoms with van der Waals surface area (Å²) in [5, 5.41) is 3.49. The quantitative estimate of drug-likeness (QED) is 0.668. The molecule has 2 atom stereocenters. The van der Waals surface area contributed by atoms with Crippen molar-refractivity contribution in [1.82, 2.24) is 5.32 Å². The fourth-order valence-electron chi connectivity index (χ4n) is 2.77. The summed E-state index contributed by atoms with van der Waals surface area (Å²) in [4.78, 5) is 11.5. The number of nitrogens with one attached hydrogen (secondary N) is 1. The lowest BCUT2D eigenvalue weighted by atomic mass is 10.0. The number of Topliss-reactive ketones (excluding diaryl/α,β-unsaturated/α-hetero) is 1. The Labute approximate surface area is 158 Å². The zero-order chi connectivity index (χ0) is 19.1. The van der Waals surface area contributed by atoms with Gasteiger partial charge in [-0.3, -0.25) is 4.79 Å². The number of hydrogen-bond acceptors (Lipinski definition) is 4. The molecule has 4 nitrogen and oxygen atoms in total. The highest BCUT2D eigenvalue weighted by Crippen LogP contribution is 2.36. The summed E-state index contributed by atoms with van der Waals surface area (Å²) < 4.78 is 20.8. The van der Waals surface area contributed by atoms with Crippen molar-refractivity contribution < 1.29 is 13.9 Å². The van der Waals surface area contributed by atoms with Crippen LogP contribution >= 0.6 is 11.6 Å². The Balaban J connectivity index is 2.24. The lowest BCUT2D eigenvalue weighted by Crippen LogP contribution is -2.34. The largest absolute Gasteiger partial charge is 0.453 e. The van der Waals surface area contributed by atoms with Gasteiger partial charge in [-0.25, -0.2) is 4.39 Å². The minimum Gasteiger partial charge on any atom is -0.453 e. The monoisotopic (exact) mass is 378 g/mol. The Hall–Kier alpha value is -1.95. The van der Waals surface area contributed by atoms with Gasteiger partial charge in [0, 0.05) is 24.1 Å². The maximum absolute atomic E-state index is 15.1. The van der Waals surface area contributed by atoms with E-state index in [0.717, 1.165) is 0 Å². The summed E-state index contributed by atoms with van der Waals surface area (Å²) in [6, 6.07) is 11.8. The Morgan fingerprint density at radius 2 is 1.96 bits per heavy atom. The van der Waals surface area contributed by atoms with Gasteiger partial charge in [0.15, 0.2) is 11.6 Å². The van der Waals surface area contributed by atoms with E-state index in [4.69, 9.17) is 22.1 Å². The van der Waals surface area contributed by atoms with E-state index in [1.807, 2.05) is 19.9 Å². The molecule has 0 heterocycles. The highest BCUT2D eigenvalue weighted by Gasteiger charge is 2.22. The van der Waals surface area contributed by atoms with Gasteiger partial charge in [-0.05, 0) is 31.5 Å². The number of nitrogens with two attached hydrogens (primary N) is 1. The minimum absolute atomic E-state index is 0.00121. The third-order valence-electron chi connectivity index (χ3n) is 4.07. The number of halogens is 2. The van der Waals surface area contributed by atoms with Gasteiger partial charge >= 0.3 is 0 Å². The topological polar surface area (TPSA) is 64.4 Å². The molecule has 0 aliphatic rings. The highest BCUT2D eigenvalue weighted by atomic mass is 35.5. The molecule has 0 unspecified atom stereocenters. The second kappa shape index (κ2) is 9.67. The molecule has 2 aromatic rings. The molecule has 140 valence electrons. The number of carbonyl (C=O) groups is 1. The van der Waals surface area contributed by atoms with Crippen LogP contribution in [0.2, 0.25) is 5.02 Å². The van der Waals surface area contributed by atoms with Gasteiger partial charge in [-0.15, -0.1) is 0 Å². The Morgan fingerprint density at radius 1 is 1.27 bits per heavy atom. The van der Waals surface area contributed by atoms with Gasteiger partial charge in [0.25, 0.3) is 0 Å². The van der Waals surface area contributed by atoms with Crippen molar-refractivity contribution in [2.75, 3.05) is 6.54 Å². The summed E-state index contributed by atoms with van der Waals surface area (Å²) in [6.45, 7) is 3.83. The zero-order valence-electron chi connectivity index (χ0n) is 15.0. The molecular formula is C20H24ClFN2O2. The summed E-state index contributed by atoms with van der Waals surface area (Å²) in [5.74, 6) is -0.0303. The predicted molar refractivity (Wildman–Crippen MR) is 102 cm³/mol. The molecule has 0 aliphatic heterocycles. The summed E-state index contributed by atoms with van der Waals surface area (Å²) in [7, 11) is 0. The number of carbonyl (C=O) groups excluding carboxylic acids is 1. The van der Waals surface area contributed by atoms with Gasteiger partial charge in [-0.1, -0.05) is 42.8 Å². The molecule has 26 heavy (non-hydrogen) atoms. The molecule has 0 radical (unpaired) electrons. The number of ether oxygens (including phenoxy) is 1. The third-order valence-corrected chi connectivity index (χ3v) is 4.37. The first-order valence-corrected chi connectivity index (χ1v) is 9.02. The van der Waals surface area contributed by atoms with Crippen LogP contribution in [0.25, 0.3) is 0 Å². The van der Waals surface area contributed by atoms with Crippen molar-refractivity contribution in [2.45, 2.75) is 38.8 Å². The fourth-order valence-corrected chi connectivity index (χ4v) is 2.96. The van der Waals surface area contributed by atoms with E-state index in [1.165, 1.54) is 0 Å². The van der Waals surface area contributed by atoms with Crippen molar-refractivity contribution in [1.29, 1.82) is 0 Å². The highest BCUT2D eigenvalue weighted by molar-refractivity contribution is 6.32. The van der Waals surface area contributed by atoms with Crippen molar-refractivity contribution >= 4 is 17.4 Å². The van der Waals surface area contributed by atoms with Gasteiger partial charge in [0.2, 0.25) is 0 Å². The third kappa shape index (κ3) is 5.27. The van der Waals surface area contributed by atoms with Gasteiger partial charge in [0.05, 0.1) is 11.6 Å². The Bertz CT molecular complexity index is 740. The molecule has 2 aromatic carbocycles. The lowest BCUT2D eigenvalue weighted by Gasteiger charge is -2.24. The number of hydrogen-bond donors (Lipinski definition) is 2. The number of para-hydroxylation sites is 1. The molecule has 0 bridgehead atoms. The summed E-state index contributed by atoms with van der Waals surface area (Å²) >= 11 is 6.15. The van der Waals surface area contributed by atoms with E-state index >= 15 is 4.39 Å². The Kier molecular flexibility index (Phi) is 7.57. The zero-order valence-corrected chi connectivity index (χ0v) is 15.7. The maximum atomic E-state index is 15.1. The van der Waals surface area contributed by atoms with Crippen LogP contribution in [0, 0.1) is 5.82 Å². The first-order chi connectivity index (χ1) is 12.5. The van der Waals surface area contributed by atoms with E-state index in [0.29, 0.717) is 24.2 Å². The van der Waals surface area contributed by atoms with Crippen molar-refractivity contribution in [3.63, 3.8) is 0 Å². The van der Waals surface area contributed by atoms with E-state index in [-0.39, 0.29) is 35.2 Å². The number of ketones is 1. The first kappa shape index (κ1) is 20.4. The SMILES string of the molecule is CC[C@@H](N[C@H](C)CC(=O)CN)c1ccc(Cl)c(Oc2ccccc2)c1F. The van der Waals surface area contributed by atoms with Crippen molar-refractivity contribution in [3.8, 4) is 11.5 Å². The smallest absolute Gasteiger partial charge is 0.181 e. The second-order valence-corrected chi connectivity index (χ2v) is 6.58. The van der Waals surface area contributed by atoms with Crippen LogP contribution in [0.3, 0.4) is 0 Å². The van der Waals surface area contributed by atoms with E-state index in [9.17, 15) is 4.79 Å². The fraction of sp³-hybridized carbons (Fsp3) is 0.350. The van der Waals surface area contributed by atoms with Crippen molar-refractivity contribution in [3.05, 3.63) is 58.9 Å². The van der Waals surface area contributed by atoms with Gasteiger partial charge in [-0.2, -0.15) is 0 Å². The standard InChI is InChI=1S/C20H24ClFN2O2/c1-3-18(24-13(2)11-14(25)12-23)16-9-10-17(21)20(19(16)22)26-15-7-5-4-6-8-15/h4-10,13,18,24H,3,11-12,23H2,1-2H3/t13-,18-/m1/s1. The summed E-state index contributed by atoms with van der Waals surface area (Å²) in [5.41, 5.74) is 5.81. The number of benzene rings is 2. The van der Waals surface area contributed by atoms with Crippen LogP contribution in [0.1, 0.15) is 38.3 Å². The minimum atomic E-state index is -0.502. The molecular weight excluding hydrogens is 355 g/mol. The second-order valence-electron chi connectivity index (χ2n) is 6.17. The average Bonchev–Trinajstić information content (AvgIpc) is 2.64. The molecule has 0 aliphatic carbocycles. The molecule has 3 N–H and O–H groups in total. The average molecular weight is 379 g/mol. The maximum Gasteiger partial charge on any atom is 0.181 e. The van der Waals surface area contributed by atoms with Crippen LogP contribution in [0.4, 0.5) is 4.39 Å². The van der Waals surface area contributed by atoms with Crippen LogP contribution < -0.4 is 15.8 Å². The molecule has 0 spiro atoms. The van der Waals surface area contributed by atoms with Crippen molar-refractivity contribution in [2.24, 2.45) is 5.73 Å². The van der Waals surface area contributed by atoms with Crippen LogP contribution in [0.15, 0.2) is 42.5 Å². The normalized spacial score (nSPS) is 13.3. The molecule has 0 saturated heterocycles. The van der Waals surface area contributed by atoms with E-state index < -0.39 is 5.82 Å². The number of rotatable bonds is 9. The molecule has 2 rings (SSSR count). The van der Waals surface area contributed by atoms with E-state index in [2.05, 4.69) is 5.32 Å². The van der Waals surface area contributed by atoms with E-state index in [1.54, 1.807) is 36.4 Å². The molecule has 0 saturated carbocycles. The molecule has 0 amide bonds. The van der Waals surface area contributed by atoms with Crippen LogP contribution in [0.5, 0.6) is 11.5 Å². The molecule has 0 fully saturated rings. The predicted octanol–water partition coefficient (Wildman–Crippen LogP) is 4.62. The molecule has 6 heteroatoms. The molecule has 0 aromatic heterocycles. The lowest BCUT2D eigenvalue weighted by molar-refractivity contribution is -0.118. The summed E-state index contributed by atoms with van der Waals surface area (Å²) in [6.07, 6.45) is 0.945. The van der Waals surface area contributed by atoms with Gasteiger partial charge < -0.3 is 15.8 Å². The van der Waals surface area contributed by atoms with Gasteiger partial charge in [0.1, 0.15) is 11.5 Å². The Morgan fingerprint density at radius 3 is 2.58 bits per heavy atom.